The van der Waals surface area contributed by atoms with Gasteiger partial charge < -0.3 is 5.73 Å². The smallest absolute Gasteiger partial charge is 0.248 e. The lowest BCUT2D eigenvalue weighted by Gasteiger charge is -2.10. The van der Waals surface area contributed by atoms with Crippen LogP contribution in [0.4, 0.5) is 0 Å². The van der Waals surface area contributed by atoms with E-state index < -0.39 is 5.91 Å². The van der Waals surface area contributed by atoms with Crippen molar-refractivity contribution in [3.63, 3.8) is 0 Å². The molecule has 0 unspecified atom stereocenters. The van der Waals surface area contributed by atoms with Crippen LogP contribution >= 0.6 is 0 Å². The number of fused-ring (bicyclic) bond motifs is 1. The summed E-state index contributed by atoms with van der Waals surface area (Å²) in [6, 6.07) is 15.8. The highest BCUT2D eigenvalue weighted by atomic mass is 16.1. The molecule has 4 heterocycles. The summed E-state index contributed by atoms with van der Waals surface area (Å²) in [4.78, 5) is 15.8. The zero-order valence-corrected chi connectivity index (χ0v) is 18.3. The van der Waals surface area contributed by atoms with Crippen LogP contribution < -0.4 is 5.73 Å². The summed E-state index contributed by atoms with van der Waals surface area (Å²) in [5, 5.41) is 18.3. The van der Waals surface area contributed by atoms with Gasteiger partial charge in [-0.2, -0.15) is 15.5 Å². The minimum absolute atomic E-state index is 0.223. The van der Waals surface area contributed by atoms with Gasteiger partial charge in [0.15, 0.2) is 0 Å². The fourth-order valence-electron chi connectivity index (χ4n) is 3.86. The van der Waals surface area contributed by atoms with E-state index in [1.165, 1.54) is 0 Å². The van der Waals surface area contributed by atoms with E-state index in [-0.39, 0.29) is 5.57 Å². The minimum atomic E-state index is -0.574. The van der Waals surface area contributed by atoms with Gasteiger partial charge in [0.2, 0.25) is 5.91 Å². The molecule has 0 fully saturated rings. The average molecular weight is 445 g/mol. The topological polar surface area (TPSA) is 115 Å². The Morgan fingerprint density at radius 2 is 1.74 bits per heavy atom. The van der Waals surface area contributed by atoms with Gasteiger partial charge >= 0.3 is 0 Å². The minimum Gasteiger partial charge on any atom is -0.366 e. The molecule has 8 heteroatoms. The van der Waals surface area contributed by atoms with Crippen molar-refractivity contribution >= 4 is 17.0 Å². The highest BCUT2D eigenvalue weighted by Gasteiger charge is 2.15. The van der Waals surface area contributed by atoms with Crippen molar-refractivity contribution < 1.29 is 4.79 Å². The molecule has 8 nitrogen and oxygen atoms in total. The molecule has 0 bridgehead atoms. The predicted molar refractivity (Wildman–Crippen MR) is 129 cm³/mol. The molecule has 0 atom stereocenters. The molecule has 0 spiro atoms. The zero-order chi connectivity index (χ0) is 23.8. The number of primary amides is 1. The van der Waals surface area contributed by atoms with Gasteiger partial charge in [-0.15, -0.1) is 0 Å². The normalized spacial score (nSPS) is 10.8. The van der Waals surface area contributed by atoms with Crippen molar-refractivity contribution in [3.8, 4) is 39.6 Å². The Morgan fingerprint density at radius 1 is 0.971 bits per heavy atom. The first-order valence-electron chi connectivity index (χ1n) is 10.4. The van der Waals surface area contributed by atoms with Crippen LogP contribution in [0, 0.1) is 11.3 Å². The molecule has 2 N–H and O–H groups in total. The van der Waals surface area contributed by atoms with Gasteiger partial charge in [-0.1, -0.05) is 36.9 Å². The standard InChI is InChI=1S/C26H19N7O/c1-16(26(28)34)19-7-8-24(29-11-19)18-5-3-17(4-6-18)23-9-20(22-13-30-32(2)14-22)15-33-25(23)21(10-27)12-31-33/h3-9,11-15H,1H2,2H3,(H2,28,34). The maximum Gasteiger partial charge on any atom is 0.248 e. The molecule has 0 saturated heterocycles. The van der Waals surface area contributed by atoms with Crippen LogP contribution in [0.2, 0.25) is 0 Å². The largest absolute Gasteiger partial charge is 0.366 e. The van der Waals surface area contributed by atoms with E-state index in [0.29, 0.717) is 11.1 Å². The van der Waals surface area contributed by atoms with Gasteiger partial charge in [0.25, 0.3) is 0 Å². The van der Waals surface area contributed by atoms with E-state index in [1.54, 1.807) is 33.9 Å². The molecular weight excluding hydrogens is 426 g/mol. The number of nitrogens with two attached hydrogens (primary N) is 1. The summed E-state index contributed by atoms with van der Waals surface area (Å²) < 4.78 is 3.48. The number of amides is 1. The first-order chi connectivity index (χ1) is 16.4. The lowest BCUT2D eigenvalue weighted by molar-refractivity contribution is -0.112. The molecule has 5 rings (SSSR count). The molecule has 164 valence electrons. The second kappa shape index (κ2) is 8.15. The summed E-state index contributed by atoms with van der Waals surface area (Å²) in [6.45, 7) is 3.69. The molecule has 0 saturated carbocycles. The van der Waals surface area contributed by atoms with Crippen molar-refractivity contribution in [2.24, 2.45) is 12.8 Å². The molecular formula is C26H19N7O. The number of hydrogen-bond acceptors (Lipinski definition) is 5. The van der Waals surface area contributed by atoms with E-state index in [4.69, 9.17) is 5.73 Å². The van der Waals surface area contributed by atoms with Gasteiger partial charge in [0.1, 0.15) is 6.07 Å². The Morgan fingerprint density at radius 3 is 2.35 bits per heavy atom. The van der Waals surface area contributed by atoms with Gasteiger partial charge in [0, 0.05) is 59.0 Å². The van der Waals surface area contributed by atoms with Crippen molar-refractivity contribution in [1.82, 2.24) is 24.4 Å². The van der Waals surface area contributed by atoms with Gasteiger partial charge in [-0.3, -0.25) is 14.5 Å². The third-order valence-corrected chi connectivity index (χ3v) is 5.67. The first-order valence-corrected chi connectivity index (χ1v) is 10.4. The second-order valence-corrected chi connectivity index (χ2v) is 7.86. The highest BCUT2D eigenvalue weighted by molar-refractivity contribution is 6.17. The number of aryl methyl sites for hydroxylation is 1. The first kappa shape index (κ1) is 20.8. The van der Waals surface area contributed by atoms with Crippen LogP contribution in [0.3, 0.4) is 0 Å². The quantitative estimate of drug-likeness (QED) is 0.413. The summed E-state index contributed by atoms with van der Waals surface area (Å²) in [5.74, 6) is -0.574. The van der Waals surface area contributed by atoms with Crippen LogP contribution in [0.1, 0.15) is 11.1 Å². The fourth-order valence-corrected chi connectivity index (χ4v) is 3.86. The molecule has 5 aromatic rings. The lowest BCUT2D eigenvalue weighted by Crippen LogP contribution is -2.12. The highest BCUT2D eigenvalue weighted by Crippen LogP contribution is 2.33. The Bertz CT molecular complexity index is 1600. The molecule has 0 aliphatic rings. The van der Waals surface area contributed by atoms with E-state index >= 15 is 0 Å². The Hall–Kier alpha value is -5.03. The van der Waals surface area contributed by atoms with Gasteiger partial charge in [0.05, 0.1) is 29.2 Å². The Labute approximate surface area is 195 Å². The number of carbonyl (C=O) groups excluding carboxylic acids is 1. The molecule has 34 heavy (non-hydrogen) atoms. The van der Waals surface area contributed by atoms with Crippen molar-refractivity contribution in [2.75, 3.05) is 0 Å². The van der Waals surface area contributed by atoms with E-state index in [2.05, 4.69) is 27.8 Å². The number of carbonyl (C=O) groups is 1. The molecule has 4 aromatic heterocycles. The average Bonchev–Trinajstić information content (AvgIpc) is 3.49. The van der Waals surface area contributed by atoms with Crippen LogP contribution in [0.15, 0.2) is 80.0 Å². The summed E-state index contributed by atoms with van der Waals surface area (Å²) in [7, 11) is 1.87. The monoisotopic (exact) mass is 445 g/mol. The Balaban J connectivity index is 1.56. The van der Waals surface area contributed by atoms with Crippen LogP contribution in [0.25, 0.3) is 44.6 Å². The molecule has 0 radical (unpaired) electrons. The number of rotatable bonds is 5. The van der Waals surface area contributed by atoms with Crippen LogP contribution in [-0.2, 0) is 11.8 Å². The number of pyridine rings is 2. The summed E-state index contributed by atoms with van der Waals surface area (Å²) in [6.07, 6.45) is 8.79. The fraction of sp³-hybridized carbons (Fsp3) is 0.0385. The van der Waals surface area contributed by atoms with E-state index in [0.717, 1.165) is 39.0 Å². The summed E-state index contributed by atoms with van der Waals surface area (Å²) >= 11 is 0. The van der Waals surface area contributed by atoms with Gasteiger partial charge in [-0.05, 0) is 17.7 Å². The maximum atomic E-state index is 11.3. The number of benzene rings is 1. The maximum absolute atomic E-state index is 11.3. The van der Waals surface area contributed by atoms with E-state index in [1.807, 2.05) is 55.8 Å². The number of aromatic nitrogens is 5. The molecule has 0 aliphatic carbocycles. The van der Waals surface area contributed by atoms with Crippen molar-refractivity contribution in [1.29, 1.82) is 5.26 Å². The lowest BCUT2D eigenvalue weighted by atomic mass is 9.98. The molecule has 1 amide bonds. The third-order valence-electron chi connectivity index (χ3n) is 5.67. The molecule has 1 aromatic carbocycles. The molecule has 0 aliphatic heterocycles. The number of hydrogen-bond donors (Lipinski definition) is 1. The van der Waals surface area contributed by atoms with Crippen molar-refractivity contribution in [3.05, 3.63) is 91.2 Å². The number of nitriles is 1. The van der Waals surface area contributed by atoms with Crippen molar-refractivity contribution in [2.45, 2.75) is 0 Å². The van der Waals surface area contributed by atoms with Crippen LogP contribution in [0.5, 0.6) is 0 Å². The SMILES string of the molecule is C=C(C(N)=O)c1ccc(-c2ccc(-c3cc(-c4cnn(C)c4)cn4ncc(C#N)c34)cc2)nc1. The Kier molecular flexibility index (Phi) is 5.00. The number of nitrogens with zero attached hydrogens (tertiary/aromatic N) is 6. The van der Waals surface area contributed by atoms with Gasteiger partial charge in [-0.25, -0.2) is 4.52 Å². The van der Waals surface area contributed by atoms with E-state index in [9.17, 15) is 10.1 Å². The predicted octanol–water partition coefficient (Wildman–Crippen LogP) is 3.83. The van der Waals surface area contributed by atoms with Crippen LogP contribution in [-0.4, -0.2) is 30.3 Å². The summed E-state index contributed by atoms with van der Waals surface area (Å²) in [5.41, 5.74) is 12.8. The third kappa shape index (κ3) is 3.61. The zero-order valence-electron chi connectivity index (χ0n) is 18.3. The second-order valence-electron chi connectivity index (χ2n) is 7.86.